The van der Waals surface area contributed by atoms with Gasteiger partial charge in [0.1, 0.15) is 17.9 Å². The number of likely N-dealkylation sites (tertiary alicyclic amines) is 2. The highest BCUT2D eigenvalue weighted by Crippen LogP contribution is 2.29. The normalized spacial score (nSPS) is 19.7. The fourth-order valence-electron chi connectivity index (χ4n) is 5.08. The molecule has 0 aromatic heterocycles. The molecule has 2 aliphatic heterocycles. The molecule has 2 heterocycles. The van der Waals surface area contributed by atoms with Crippen molar-refractivity contribution >= 4 is 29.2 Å². The molecule has 0 saturated carbocycles. The Labute approximate surface area is 212 Å². The summed E-state index contributed by atoms with van der Waals surface area (Å²) in [5.41, 5.74) is 2.28. The van der Waals surface area contributed by atoms with Crippen molar-refractivity contribution in [2.24, 2.45) is 5.92 Å². The summed E-state index contributed by atoms with van der Waals surface area (Å²) >= 11 is 12.1. The van der Waals surface area contributed by atoms with Crippen LogP contribution < -0.4 is 4.74 Å². The maximum absolute atomic E-state index is 12.0. The van der Waals surface area contributed by atoms with Crippen LogP contribution in [0.3, 0.4) is 0 Å². The van der Waals surface area contributed by atoms with Crippen molar-refractivity contribution in [2.75, 3.05) is 32.7 Å². The topological polar surface area (TPSA) is 53.0 Å². The van der Waals surface area contributed by atoms with E-state index in [9.17, 15) is 9.90 Å². The second-order valence-electron chi connectivity index (χ2n) is 9.72. The van der Waals surface area contributed by atoms with Gasteiger partial charge >= 0.3 is 5.97 Å². The van der Waals surface area contributed by atoms with E-state index in [1.54, 1.807) is 12.1 Å². The zero-order valence-electron chi connectivity index (χ0n) is 19.8. The lowest BCUT2D eigenvalue weighted by Gasteiger charge is -2.39. The molecular formula is C27H34Cl2N2O3. The molecule has 0 bridgehead atoms. The molecule has 4 rings (SSSR count). The largest absolute Gasteiger partial charge is 0.490 e. The average molecular weight is 505 g/mol. The average Bonchev–Trinajstić information content (AvgIpc) is 2.83. The van der Waals surface area contributed by atoms with E-state index in [0.29, 0.717) is 22.4 Å². The zero-order valence-corrected chi connectivity index (χ0v) is 21.3. The lowest BCUT2D eigenvalue weighted by Crippen LogP contribution is -2.48. The molecule has 2 fully saturated rings. The van der Waals surface area contributed by atoms with Gasteiger partial charge in [-0.25, -0.2) is 0 Å². The Morgan fingerprint density at radius 3 is 2.29 bits per heavy atom. The molecule has 5 nitrogen and oxygen atoms in total. The Bertz CT molecular complexity index is 953. The smallest absolute Gasteiger partial charge is 0.321 e. The van der Waals surface area contributed by atoms with E-state index in [1.807, 2.05) is 18.2 Å². The lowest BCUT2D eigenvalue weighted by molar-refractivity contribution is -0.144. The molecule has 0 spiro atoms. The first kappa shape index (κ1) is 25.3. The van der Waals surface area contributed by atoms with Gasteiger partial charge in [0.05, 0.1) is 10.0 Å². The molecule has 0 aliphatic carbocycles. The van der Waals surface area contributed by atoms with Gasteiger partial charge in [0, 0.05) is 25.7 Å². The maximum Gasteiger partial charge on any atom is 0.321 e. The molecule has 184 valence electrons. The third kappa shape index (κ3) is 6.88. The molecule has 7 heteroatoms. The van der Waals surface area contributed by atoms with Crippen molar-refractivity contribution in [3.8, 4) is 5.75 Å². The molecule has 2 saturated heterocycles. The van der Waals surface area contributed by atoms with Crippen LogP contribution in [-0.2, 0) is 11.2 Å². The van der Waals surface area contributed by atoms with Crippen LogP contribution in [0.4, 0.5) is 0 Å². The number of nitrogens with zero attached hydrogens (tertiary/aromatic N) is 2. The summed E-state index contributed by atoms with van der Waals surface area (Å²) in [6.07, 6.45) is 4.86. The first-order chi connectivity index (χ1) is 16.4. The molecule has 2 aliphatic rings. The van der Waals surface area contributed by atoms with Crippen LogP contribution in [0.5, 0.6) is 5.75 Å². The van der Waals surface area contributed by atoms with E-state index in [0.717, 1.165) is 69.7 Å². The van der Waals surface area contributed by atoms with Crippen LogP contribution >= 0.6 is 23.2 Å². The summed E-state index contributed by atoms with van der Waals surface area (Å²) in [5, 5.41) is 10.9. The number of hydrogen-bond donors (Lipinski definition) is 1. The second kappa shape index (κ2) is 11.8. The van der Waals surface area contributed by atoms with Crippen LogP contribution in [0, 0.1) is 12.8 Å². The van der Waals surface area contributed by atoms with E-state index in [2.05, 4.69) is 28.9 Å². The minimum Gasteiger partial charge on any atom is -0.490 e. The van der Waals surface area contributed by atoms with Crippen LogP contribution in [0.25, 0.3) is 0 Å². The predicted molar refractivity (Wildman–Crippen MR) is 137 cm³/mol. The molecule has 2 aromatic carbocycles. The number of halogens is 2. The van der Waals surface area contributed by atoms with E-state index >= 15 is 0 Å². The predicted octanol–water partition coefficient (Wildman–Crippen LogP) is 5.55. The number of benzene rings is 2. The van der Waals surface area contributed by atoms with Crippen molar-refractivity contribution in [2.45, 2.75) is 51.2 Å². The number of carboxylic acids is 1. The van der Waals surface area contributed by atoms with Gasteiger partial charge in [-0.05, 0) is 75.7 Å². The van der Waals surface area contributed by atoms with Gasteiger partial charge in [-0.15, -0.1) is 0 Å². The Balaban J connectivity index is 1.20. The summed E-state index contributed by atoms with van der Waals surface area (Å²) in [6, 6.07) is 13.2. The SMILES string of the molecule is Cc1ccc(C[C@@H](C(=O)O)N2CCC(CN3CCC(Oc4ccc(Cl)c(Cl)c4)CC3)CC2)cc1. The van der Waals surface area contributed by atoms with Crippen LogP contribution in [0.1, 0.15) is 36.8 Å². The number of aliphatic carboxylic acids is 1. The fraction of sp³-hybridized carbons (Fsp3) is 0.519. The molecule has 0 amide bonds. The fourth-order valence-corrected chi connectivity index (χ4v) is 5.37. The standard InChI is InChI=1S/C27H34Cl2N2O3/c1-19-2-4-20(5-3-19)16-26(27(32)33)31-14-8-21(9-15-31)18-30-12-10-22(11-13-30)34-23-6-7-24(28)25(29)17-23/h2-7,17,21-22,26H,8-16,18H2,1H3,(H,32,33)/t26-/m0/s1. The van der Waals surface area contributed by atoms with Crippen molar-refractivity contribution in [1.29, 1.82) is 0 Å². The Kier molecular flexibility index (Phi) is 8.75. The zero-order chi connectivity index (χ0) is 24.1. The van der Waals surface area contributed by atoms with E-state index in [-0.39, 0.29) is 6.10 Å². The minimum atomic E-state index is -0.719. The van der Waals surface area contributed by atoms with Gasteiger partial charge in [-0.1, -0.05) is 53.0 Å². The second-order valence-corrected chi connectivity index (χ2v) is 10.5. The molecule has 2 aromatic rings. The summed E-state index contributed by atoms with van der Waals surface area (Å²) in [4.78, 5) is 16.7. The van der Waals surface area contributed by atoms with Crippen molar-refractivity contribution in [3.63, 3.8) is 0 Å². The third-order valence-corrected chi connectivity index (χ3v) is 7.91. The Morgan fingerprint density at radius 1 is 1.00 bits per heavy atom. The molecule has 1 atom stereocenters. The van der Waals surface area contributed by atoms with Crippen molar-refractivity contribution < 1.29 is 14.6 Å². The van der Waals surface area contributed by atoms with Gasteiger partial charge in [0.2, 0.25) is 0 Å². The summed E-state index contributed by atoms with van der Waals surface area (Å²) in [5.74, 6) is 0.680. The summed E-state index contributed by atoms with van der Waals surface area (Å²) in [7, 11) is 0. The number of aryl methyl sites for hydroxylation is 1. The summed E-state index contributed by atoms with van der Waals surface area (Å²) < 4.78 is 6.12. The number of carbonyl (C=O) groups is 1. The first-order valence-corrected chi connectivity index (χ1v) is 13.0. The maximum atomic E-state index is 12.0. The number of piperidine rings is 2. The lowest BCUT2D eigenvalue weighted by atomic mass is 9.93. The number of rotatable bonds is 8. The Morgan fingerprint density at radius 2 is 1.68 bits per heavy atom. The highest BCUT2D eigenvalue weighted by atomic mass is 35.5. The quantitative estimate of drug-likeness (QED) is 0.510. The number of carboxylic acid groups (broad SMARTS) is 1. The highest BCUT2D eigenvalue weighted by molar-refractivity contribution is 6.42. The van der Waals surface area contributed by atoms with Crippen LogP contribution in [0.2, 0.25) is 10.0 Å². The van der Waals surface area contributed by atoms with E-state index < -0.39 is 12.0 Å². The first-order valence-electron chi connectivity index (χ1n) is 12.2. The van der Waals surface area contributed by atoms with Crippen LogP contribution in [0.15, 0.2) is 42.5 Å². The van der Waals surface area contributed by atoms with Gasteiger partial charge < -0.3 is 14.7 Å². The highest BCUT2D eigenvalue weighted by Gasteiger charge is 2.31. The van der Waals surface area contributed by atoms with Crippen LogP contribution in [-0.4, -0.2) is 65.7 Å². The summed E-state index contributed by atoms with van der Waals surface area (Å²) in [6.45, 7) is 6.89. The van der Waals surface area contributed by atoms with Gasteiger partial charge in [-0.3, -0.25) is 9.69 Å². The van der Waals surface area contributed by atoms with Gasteiger partial charge in [-0.2, -0.15) is 0 Å². The van der Waals surface area contributed by atoms with E-state index in [4.69, 9.17) is 27.9 Å². The van der Waals surface area contributed by atoms with Gasteiger partial charge in [0.15, 0.2) is 0 Å². The van der Waals surface area contributed by atoms with Crippen molar-refractivity contribution in [1.82, 2.24) is 9.80 Å². The molecule has 0 radical (unpaired) electrons. The molecule has 0 unspecified atom stereocenters. The monoisotopic (exact) mass is 504 g/mol. The van der Waals surface area contributed by atoms with Crippen molar-refractivity contribution in [3.05, 3.63) is 63.6 Å². The minimum absolute atomic E-state index is 0.202. The molecule has 1 N–H and O–H groups in total. The molecule has 34 heavy (non-hydrogen) atoms. The molecular weight excluding hydrogens is 471 g/mol. The number of ether oxygens (including phenoxy) is 1. The number of hydrogen-bond acceptors (Lipinski definition) is 4. The van der Waals surface area contributed by atoms with E-state index in [1.165, 1.54) is 5.56 Å². The van der Waals surface area contributed by atoms with Gasteiger partial charge in [0.25, 0.3) is 0 Å². The Hall–Kier alpha value is -1.79. The third-order valence-electron chi connectivity index (χ3n) is 7.17.